The first kappa shape index (κ1) is 17.8. The minimum Gasteiger partial charge on any atom is -0.0590 e. The Bertz CT molecular complexity index is 881. The van der Waals surface area contributed by atoms with Crippen molar-refractivity contribution >= 4 is 0 Å². The maximum absolute atomic E-state index is 2.49. The normalized spacial score (nSPS) is 25.7. The maximum atomic E-state index is 2.49. The summed E-state index contributed by atoms with van der Waals surface area (Å²) in [6.45, 7) is 16.6. The Morgan fingerprint density at radius 3 is 1.85 bits per heavy atom. The minimum atomic E-state index is 0.253. The van der Waals surface area contributed by atoms with Crippen LogP contribution in [0.5, 0.6) is 0 Å². The van der Waals surface area contributed by atoms with Crippen LogP contribution in [-0.2, 0) is 23.7 Å². The third kappa shape index (κ3) is 2.73. The zero-order valence-electron chi connectivity index (χ0n) is 17.7. The first-order chi connectivity index (χ1) is 12.0. The number of benzene rings is 2. The van der Waals surface area contributed by atoms with E-state index in [4.69, 9.17) is 0 Å². The topological polar surface area (TPSA) is 0 Å². The number of rotatable bonds is 0. The van der Waals surface area contributed by atoms with Gasteiger partial charge in [0.2, 0.25) is 0 Å². The minimum absolute atomic E-state index is 0.253. The second-order valence-electron chi connectivity index (χ2n) is 10.7. The Hall–Kier alpha value is -1.56. The molecule has 0 amide bonds. The van der Waals surface area contributed by atoms with Crippen molar-refractivity contribution in [3.8, 4) is 0 Å². The highest BCUT2D eigenvalue weighted by Crippen LogP contribution is 2.56. The van der Waals surface area contributed by atoms with Gasteiger partial charge in [0.05, 0.1) is 0 Å². The summed E-state index contributed by atoms with van der Waals surface area (Å²) >= 11 is 0. The summed E-state index contributed by atoms with van der Waals surface area (Å²) in [6.07, 6.45) is 5.07. The molecule has 0 saturated heterocycles. The van der Waals surface area contributed by atoms with Crippen LogP contribution in [-0.4, -0.2) is 0 Å². The second-order valence-corrected chi connectivity index (χ2v) is 10.7. The van der Waals surface area contributed by atoms with Gasteiger partial charge in [-0.1, -0.05) is 63.6 Å². The molecule has 1 atom stereocenters. The predicted molar refractivity (Wildman–Crippen MR) is 112 cm³/mol. The Kier molecular flexibility index (Phi) is 3.75. The molecule has 1 spiro atoms. The zero-order chi connectivity index (χ0) is 18.9. The highest BCUT2D eigenvalue weighted by molar-refractivity contribution is 5.46. The van der Waals surface area contributed by atoms with Gasteiger partial charge in [-0.2, -0.15) is 0 Å². The Balaban J connectivity index is 1.84. The first-order valence-electron chi connectivity index (χ1n) is 10.2. The van der Waals surface area contributed by atoms with Crippen LogP contribution in [0.15, 0.2) is 30.3 Å². The smallest absolute Gasteiger partial charge is 0.00952 e. The molecule has 0 radical (unpaired) electrons. The van der Waals surface area contributed by atoms with Gasteiger partial charge in [0.25, 0.3) is 0 Å². The first-order valence-corrected chi connectivity index (χ1v) is 10.2. The van der Waals surface area contributed by atoms with Gasteiger partial charge in [-0.3, -0.25) is 0 Å². The van der Waals surface area contributed by atoms with Crippen LogP contribution in [0.3, 0.4) is 0 Å². The summed E-state index contributed by atoms with van der Waals surface area (Å²) in [6, 6.07) is 12.1. The van der Waals surface area contributed by atoms with Crippen molar-refractivity contribution in [2.45, 2.75) is 85.0 Å². The molecule has 26 heavy (non-hydrogen) atoms. The van der Waals surface area contributed by atoms with Crippen LogP contribution in [0, 0.1) is 26.2 Å². The summed E-state index contributed by atoms with van der Waals surface area (Å²) < 4.78 is 0. The molecular formula is C26H34. The van der Waals surface area contributed by atoms with Crippen LogP contribution < -0.4 is 0 Å². The van der Waals surface area contributed by atoms with E-state index in [1.807, 2.05) is 0 Å². The molecule has 0 N–H and O–H groups in total. The fourth-order valence-corrected chi connectivity index (χ4v) is 6.43. The molecular weight excluding hydrogens is 312 g/mol. The number of fused-ring (bicyclic) bond motifs is 2. The maximum Gasteiger partial charge on any atom is -0.00952 e. The molecule has 0 fully saturated rings. The lowest BCUT2D eigenvalue weighted by atomic mass is 9.51. The molecule has 2 aromatic rings. The number of hydrogen-bond acceptors (Lipinski definition) is 0. The monoisotopic (exact) mass is 346 g/mol. The highest BCUT2D eigenvalue weighted by Gasteiger charge is 2.49. The molecule has 1 unspecified atom stereocenters. The van der Waals surface area contributed by atoms with Crippen molar-refractivity contribution in [3.63, 3.8) is 0 Å². The van der Waals surface area contributed by atoms with Crippen LogP contribution in [0.25, 0.3) is 0 Å². The average Bonchev–Trinajstić information content (AvgIpc) is 2.47. The van der Waals surface area contributed by atoms with E-state index in [0.717, 1.165) is 0 Å². The van der Waals surface area contributed by atoms with Crippen molar-refractivity contribution in [2.75, 3.05) is 0 Å². The van der Waals surface area contributed by atoms with E-state index >= 15 is 0 Å². The van der Waals surface area contributed by atoms with Crippen LogP contribution in [0.1, 0.15) is 79.5 Å². The second kappa shape index (κ2) is 5.47. The van der Waals surface area contributed by atoms with Gasteiger partial charge < -0.3 is 0 Å². The lowest BCUT2D eigenvalue weighted by molar-refractivity contribution is 0.118. The van der Waals surface area contributed by atoms with E-state index in [9.17, 15) is 0 Å². The van der Waals surface area contributed by atoms with E-state index < -0.39 is 0 Å². The molecule has 0 bridgehead atoms. The summed E-state index contributed by atoms with van der Waals surface area (Å²) in [5, 5.41) is 0. The van der Waals surface area contributed by atoms with Crippen molar-refractivity contribution in [1.82, 2.24) is 0 Å². The molecule has 0 heteroatoms. The van der Waals surface area contributed by atoms with E-state index in [1.54, 1.807) is 22.3 Å². The van der Waals surface area contributed by atoms with Gasteiger partial charge in [0.15, 0.2) is 0 Å². The van der Waals surface area contributed by atoms with E-state index in [2.05, 4.69) is 78.8 Å². The quantitative estimate of drug-likeness (QED) is 0.495. The zero-order valence-corrected chi connectivity index (χ0v) is 17.7. The van der Waals surface area contributed by atoms with Gasteiger partial charge in [0, 0.05) is 0 Å². The summed E-state index contributed by atoms with van der Waals surface area (Å²) in [4.78, 5) is 0. The molecule has 0 nitrogen and oxygen atoms in total. The highest BCUT2D eigenvalue weighted by atomic mass is 14.5. The Morgan fingerprint density at radius 2 is 1.19 bits per heavy atom. The lowest BCUT2D eigenvalue weighted by Crippen LogP contribution is -2.46. The van der Waals surface area contributed by atoms with Crippen LogP contribution in [0.2, 0.25) is 0 Å². The standard InChI is InChI=1S/C26H34/c1-17-8-9-22-20(10-17)13-26(15-24(22,4)5)14-21-11-18(2)19(3)12-23(21)25(6,7)16-26/h8-12H,13-16H2,1-7H3. The summed E-state index contributed by atoms with van der Waals surface area (Å²) in [5.41, 5.74) is 11.6. The van der Waals surface area contributed by atoms with Gasteiger partial charge in [-0.15, -0.1) is 0 Å². The average molecular weight is 347 g/mol. The Morgan fingerprint density at radius 1 is 0.654 bits per heavy atom. The molecule has 2 aliphatic rings. The third-order valence-electron chi connectivity index (χ3n) is 7.20. The predicted octanol–water partition coefficient (Wildman–Crippen LogP) is 6.75. The van der Waals surface area contributed by atoms with E-state index in [-0.39, 0.29) is 10.8 Å². The van der Waals surface area contributed by atoms with Gasteiger partial charge in [-0.25, -0.2) is 0 Å². The van der Waals surface area contributed by atoms with Crippen molar-refractivity contribution < 1.29 is 0 Å². The molecule has 138 valence electrons. The lowest BCUT2D eigenvalue weighted by Gasteiger charge is -2.53. The van der Waals surface area contributed by atoms with Crippen LogP contribution in [0.4, 0.5) is 0 Å². The third-order valence-corrected chi connectivity index (χ3v) is 7.20. The van der Waals surface area contributed by atoms with Crippen LogP contribution >= 0.6 is 0 Å². The molecule has 0 aromatic heterocycles. The van der Waals surface area contributed by atoms with Crippen molar-refractivity contribution in [2.24, 2.45) is 5.41 Å². The van der Waals surface area contributed by atoms with Gasteiger partial charge >= 0.3 is 0 Å². The van der Waals surface area contributed by atoms with E-state index in [1.165, 1.54) is 42.4 Å². The molecule has 0 saturated carbocycles. The largest absolute Gasteiger partial charge is 0.0590 e. The summed E-state index contributed by atoms with van der Waals surface area (Å²) in [5.74, 6) is 0. The fraction of sp³-hybridized carbons (Fsp3) is 0.538. The molecule has 2 aliphatic carbocycles. The summed E-state index contributed by atoms with van der Waals surface area (Å²) in [7, 11) is 0. The van der Waals surface area contributed by atoms with E-state index in [0.29, 0.717) is 5.41 Å². The molecule has 0 heterocycles. The van der Waals surface area contributed by atoms with Crippen molar-refractivity contribution in [3.05, 3.63) is 69.3 Å². The number of aryl methyl sites for hydroxylation is 3. The number of hydrogen-bond donors (Lipinski definition) is 0. The molecule has 0 aliphatic heterocycles. The van der Waals surface area contributed by atoms with Gasteiger partial charge in [-0.05, 0) is 96.1 Å². The Labute approximate surface area is 160 Å². The fourth-order valence-electron chi connectivity index (χ4n) is 6.43. The SMILES string of the molecule is Cc1ccc2c(c1)CC1(Cc3cc(C)c(C)cc3C(C)(C)C1)CC2(C)C. The van der Waals surface area contributed by atoms with Gasteiger partial charge in [0.1, 0.15) is 0 Å². The molecule has 2 aromatic carbocycles. The van der Waals surface area contributed by atoms with Crippen molar-refractivity contribution in [1.29, 1.82) is 0 Å². The molecule has 4 rings (SSSR count).